The second-order valence-electron chi connectivity index (χ2n) is 0.697. The zero-order chi connectivity index (χ0) is 4.12. The van der Waals surface area contributed by atoms with Crippen molar-refractivity contribution in [1.82, 2.24) is 11.1 Å². The van der Waals surface area contributed by atoms with Crippen LogP contribution >= 0.6 is 0 Å². The van der Waals surface area contributed by atoms with Gasteiger partial charge in [0.25, 0.3) is 0 Å². The topological polar surface area (TPSA) is 35.8 Å². The molecule has 0 aromatic rings. The van der Waals surface area contributed by atoms with E-state index in [0.717, 1.165) is 0 Å². The number of rotatable bonds is 2. The fourth-order valence-electron chi connectivity index (χ4n) is 0.102. The molecule has 0 aromatic carbocycles. The Balaban J connectivity index is 2.19. The average molecular weight is 72.1 g/mol. The molecule has 0 atom stereocenters. The first kappa shape index (κ1) is 4.92. The van der Waals surface area contributed by atoms with Gasteiger partial charge in [-0.05, 0) is 7.05 Å². The molecule has 0 bridgehead atoms. The van der Waals surface area contributed by atoms with Crippen LogP contribution in [0, 0.1) is 6.54 Å². The monoisotopic (exact) mass is 72.1 g/mol. The highest BCUT2D eigenvalue weighted by Gasteiger charge is 1.66. The Labute approximate surface area is 32.4 Å². The van der Waals surface area contributed by atoms with Crippen LogP contribution in [-0.4, -0.2) is 13.6 Å². The fraction of sp³-hybridized carbons (Fsp3) is 0.667. The molecule has 0 fully saturated rings. The molecular weight excluding hydrogens is 64.0 g/mol. The van der Waals surface area contributed by atoms with E-state index in [-0.39, 0.29) is 0 Å². The summed E-state index contributed by atoms with van der Waals surface area (Å²) in [5.74, 6) is 0. The Morgan fingerprint density at radius 3 is 2.60 bits per heavy atom. The van der Waals surface area contributed by atoms with Crippen molar-refractivity contribution in [2.24, 2.45) is 0 Å². The molecule has 2 nitrogen and oxygen atoms in total. The predicted molar refractivity (Wildman–Crippen MR) is 21.3 cm³/mol. The molecular formula is C3H8N2. The van der Waals surface area contributed by atoms with Crippen LogP contribution in [0.15, 0.2) is 0 Å². The molecule has 2 N–H and O–H groups in total. The molecule has 0 saturated carbocycles. The Morgan fingerprint density at radius 2 is 2.60 bits per heavy atom. The van der Waals surface area contributed by atoms with Gasteiger partial charge in [0.05, 0.1) is 0 Å². The zero-order valence-electron chi connectivity index (χ0n) is 3.28. The molecule has 0 aliphatic carbocycles. The van der Waals surface area contributed by atoms with Gasteiger partial charge in [-0.1, -0.05) is 0 Å². The van der Waals surface area contributed by atoms with E-state index < -0.39 is 0 Å². The van der Waals surface area contributed by atoms with Gasteiger partial charge in [0.1, 0.15) is 0 Å². The smallest absolute Gasteiger partial charge is 0.0371 e. The van der Waals surface area contributed by atoms with Crippen molar-refractivity contribution in [2.75, 3.05) is 13.6 Å². The van der Waals surface area contributed by atoms with Crippen LogP contribution < -0.4 is 11.1 Å². The number of nitrogens with one attached hydrogen (secondary N) is 2. The highest BCUT2D eigenvalue weighted by atomic mass is 14.8. The van der Waals surface area contributed by atoms with Crippen LogP contribution in [0.3, 0.4) is 0 Å². The maximum atomic E-state index is 6.48. The SMILES string of the molecule is CN[CH]C[NH]. The minimum absolute atomic E-state index is 0.358. The lowest BCUT2D eigenvalue weighted by Crippen LogP contribution is -2.04. The Hall–Kier alpha value is -0.0800. The molecule has 0 aromatic heterocycles. The summed E-state index contributed by atoms with van der Waals surface area (Å²) in [5, 5.41) is 2.70. The maximum Gasteiger partial charge on any atom is 0.0371 e. The van der Waals surface area contributed by atoms with Crippen molar-refractivity contribution in [3.63, 3.8) is 0 Å². The molecule has 0 saturated heterocycles. The van der Waals surface area contributed by atoms with Crippen molar-refractivity contribution in [3.05, 3.63) is 6.54 Å². The van der Waals surface area contributed by atoms with Gasteiger partial charge in [-0.3, -0.25) is 5.73 Å². The van der Waals surface area contributed by atoms with E-state index in [1.165, 1.54) is 0 Å². The van der Waals surface area contributed by atoms with Crippen LogP contribution in [0.25, 0.3) is 0 Å². The molecule has 2 radical (unpaired) electrons. The number of hydrogen-bond acceptors (Lipinski definition) is 1. The van der Waals surface area contributed by atoms with Gasteiger partial charge in [0.2, 0.25) is 0 Å². The molecule has 5 heavy (non-hydrogen) atoms. The van der Waals surface area contributed by atoms with Crippen molar-refractivity contribution in [1.29, 1.82) is 0 Å². The normalized spacial score (nSPS) is 8.40. The number of hydrogen-bond donors (Lipinski definition) is 1. The van der Waals surface area contributed by atoms with E-state index >= 15 is 0 Å². The van der Waals surface area contributed by atoms with E-state index in [1.54, 1.807) is 13.6 Å². The highest BCUT2D eigenvalue weighted by molar-refractivity contribution is 4.53. The van der Waals surface area contributed by atoms with E-state index in [9.17, 15) is 0 Å². The summed E-state index contributed by atoms with van der Waals surface area (Å²) in [5.41, 5.74) is 6.48. The maximum absolute atomic E-state index is 6.48. The van der Waals surface area contributed by atoms with Crippen molar-refractivity contribution >= 4 is 0 Å². The lowest BCUT2D eigenvalue weighted by Gasteiger charge is -1.83. The Kier molecular flexibility index (Phi) is 3.86. The van der Waals surface area contributed by atoms with E-state index in [4.69, 9.17) is 5.73 Å². The molecule has 0 spiro atoms. The van der Waals surface area contributed by atoms with Crippen LogP contribution in [0.4, 0.5) is 0 Å². The third kappa shape index (κ3) is 3.92. The second kappa shape index (κ2) is 3.92. The zero-order valence-corrected chi connectivity index (χ0v) is 3.28. The molecule has 2 heteroatoms. The summed E-state index contributed by atoms with van der Waals surface area (Å²) in [6.07, 6.45) is 0. The molecule has 0 unspecified atom stereocenters. The summed E-state index contributed by atoms with van der Waals surface area (Å²) in [6, 6.07) is 0. The molecule has 0 aliphatic rings. The molecule has 0 aliphatic heterocycles. The lowest BCUT2D eigenvalue weighted by molar-refractivity contribution is 0.905. The van der Waals surface area contributed by atoms with Crippen LogP contribution in [0.5, 0.6) is 0 Å². The van der Waals surface area contributed by atoms with E-state index in [0.29, 0.717) is 6.54 Å². The van der Waals surface area contributed by atoms with Gasteiger partial charge in [-0.25, -0.2) is 0 Å². The highest BCUT2D eigenvalue weighted by Crippen LogP contribution is 1.52. The van der Waals surface area contributed by atoms with Gasteiger partial charge in [-0.2, -0.15) is 0 Å². The third-order valence-corrected chi connectivity index (χ3v) is 0.306. The lowest BCUT2D eigenvalue weighted by atomic mass is 10.7. The first-order valence-electron chi connectivity index (χ1n) is 1.55. The molecule has 0 rings (SSSR count). The Bertz CT molecular complexity index is 12.4. The quantitative estimate of drug-likeness (QED) is 0.475. The largest absolute Gasteiger partial charge is 0.314 e. The number of likely N-dealkylation sites (N-methyl/N-ethyl adjacent to an activating group) is 1. The van der Waals surface area contributed by atoms with Crippen molar-refractivity contribution < 1.29 is 0 Å². The van der Waals surface area contributed by atoms with Crippen molar-refractivity contribution in [3.8, 4) is 0 Å². The van der Waals surface area contributed by atoms with Gasteiger partial charge in [0.15, 0.2) is 0 Å². The van der Waals surface area contributed by atoms with Gasteiger partial charge >= 0.3 is 0 Å². The Morgan fingerprint density at radius 1 is 2.00 bits per heavy atom. The minimum atomic E-state index is 0.358. The summed E-state index contributed by atoms with van der Waals surface area (Å²) in [7, 11) is 1.79. The first-order chi connectivity index (χ1) is 2.41. The molecule has 30 valence electrons. The van der Waals surface area contributed by atoms with Crippen LogP contribution in [0.2, 0.25) is 0 Å². The van der Waals surface area contributed by atoms with E-state index in [2.05, 4.69) is 5.32 Å². The second-order valence-corrected chi connectivity index (χ2v) is 0.697. The third-order valence-electron chi connectivity index (χ3n) is 0.306. The standard InChI is InChI=1S/C3H8N2/c1-5-3-2-4/h3-5H,2H2,1H3. The summed E-state index contributed by atoms with van der Waals surface area (Å²) < 4.78 is 0. The van der Waals surface area contributed by atoms with Gasteiger partial charge in [-0.15, -0.1) is 0 Å². The average Bonchev–Trinajstić information content (AvgIpc) is 1.41. The van der Waals surface area contributed by atoms with Crippen LogP contribution in [-0.2, 0) is 0 Å². The molecule has 0 amide bonds. The van der Waals surface area contributed by atoms with Crippen molar-refractivity contribution in [2.45, 2.75) is 0 Å². The minimum Gasteiger partial charge on any atom is -0.314 e. The van der Waals surface area contributed by atoms with Gasteiger partial charge in [0, 0.05) is 13.1 Å². The van der Waals surface area contributed by atoms with Gasteiger partial charge < -0.3 is 5.32 Å². The summed E-state index contributed by atoms with van der Waals surface area (Å²) in [4.78, 5) is 0. The summed E-state index contributed by atoms with van der Waals surface area (Å²) >= 11 is 0. The predicted octanol–water partition coefficient (Wildman–Crippen LogP) is -0.350. The fourth-order valence-corrected chi connectivity index (χ4v) is 0.102. The molecule has 0 heterocycles. The summed E-state index contributed by atoms with van der Waals surface area (Å²) in [6.45, 7) is 2.02. The first-order valence-corrected chi connectivity index (χ1v) is 1.55. The van der Waals surface area contributed by atoms with Crippen LogP contribution in [0.1, 0.15) is 0 Å². The van der Waals surface area contributed by atoms with E-state index in [1.807, 2.05) is 0 Å².